The van der Waals surface area contributed by atoms with Gasteiger partial charge in [-0.3, -0.25) is 4.79 Å². The third-order valence-electron chi connectivity index (χ3n) is 3.34. The van der Waals surface area contributed by atoms with Gasteiger partial charge in [0.25, 0.3) is 0 Å². The standard InChI is InChI=1S/C17H16BrNO3S/c1-11-2-3-12(8-14(11)18)19-17(20)10-23-13-4-5-15-16(9-13)22-7-6-21-15/h2-5,8-9H,6-7,10H2,1H3,(H,19,20). The number of hydrogen-bond donors (Lipinski definition) is 1. The van der Waals surface area contributed by atoms with Gasteiger partial charge in [-0.05, 0) is 42.8 Å². The maximum atomic E-state index is 12.1. The average molecular weight is 394 g/mol. The number of carbonyl (C=O) groups is 1. The summed E-state index contributed by atoms with van der Waals surface area (Å²) in [5.41, 5.74) is 1.92. The highest BCUT2D eigenvalue weighted by molar-refractivity contribution is 9.10. The molecule has 6 heteroatoms. The van der Waals surface area contributed by atoms with Gasteiger partial charge in [-0.1, -0.05) is 22.0 Å². The lowest BCUT2D eigenvalue weighted by Crippen LogP contribution is -2.15. The Morgan fingerprint density at radius 3 is 2.74 bits per heavy atom. The summed E-state index contributed by atoms with van der Waals surface area (Å²) in [5.74, 6) is 1.80. The van der Waals surface area contributed by atoms with Crippen molar-refractivity contribution < 1.29 is 14.3 Å². The Kier molecular flexibility index (Phi) is 5.13. The Hall–Kier alpha value is -1.66. The number of carbonyl (C=O) groups excluding carboxylic acids is 1. The number of benzene rings is 2. The molecule has 0 radical (unpaired) electrons. The zero-order chi connectivity index (χ0) is 16.2. The first-order chi connectivity index (χ1) is 11.1. The molecule has 0 atom stereocenters. The zero-order valence-corrected chi connectivity index (χ0v) is 15.0. The summed E-state index contributed by atoms with van der Waals surface area (Å²) in [5, 5.41) is 2.90. The Morgan fingerprint density at radius 2 is 1.96 bits per heavy atom. The van der Waals surface area contributed by atoms with Crippen LogP contribution in [0.25, 0.3) is 0 Å². The highest BCUT2D eigenvalue weighted by Gasteiger charge is 2.12. The molecule has 1 aliphatic rings. The third-order valence-corrected chi connectivity index (χ3v) is 5.19. The number of nitrogens with one attached hydrogen (secondary N) is 1. The summed E-state index contributed by atoms with van der Waals surface area (Å²) in [6.07, 6.45) is 0. The summed E-state index contributed by atoms with van der Waals surface area (Å²) in [7, 11) is 0. The molecular formula is C17H16BrNO3S. The SMILES string of the molecule is Cc1ccc(NC(=O)CSc2ccc3c(c2)OCCO3)cc1Br. The van der Waals surface area contributed by atoms with Gasteiger partial charge in [-0.25, -0.2) is 0 Å². The molecule has 1 amide bonds. The van der Waals surface area contributed by atoms with E-state index in [1.165, 1.54) is 11.8 Å². The molecule has 0 aromatic heterocycles. The molecule has 120 valence electrons. The number of amides is 1. The second-order valence-electron chi connectivity index (χ2n) is 5.11. The van der Waals surface area contributed by atoms with Crippen LogP contribution < -0.4 is 14.8 Å². The van der Waals surface area contributed by atoms with Gasteiger partial charge in [-0.2, -0.15) is 0 Å². The summed E-state index contributed by atoms with van der Waals surface area (Å²) in [4.78, 5) is 13.0. The lowest BCUT2D eigenvalue weighted by molar-refractivity contribution is -0.113. The van der Waals surface area contributed by atoms with Crippen LogP contribution in [0.3, 0.4) is 0 Å². The number of aryl methyl sites for hydroxylation is 1. The third kappa shape index (κ3) is 4.20. The number of rotatable bonds is 4. The molecule has 23 heavy (non-hydrogen) atoms. The topological polar surface area (TPSA) is 47.6 Å². The van der Waals surface area contributed by atoms with Gasteiger partial charge in [0, 0.05) is 15.1 Å². The first-order valence-electron chi connectivity index (χ1n) is 7.20. The molecular weight excluding hydrogens is 378 g/mol. The van der Waals surface area contributed by atoms with E-state index in [2.05, 4.69) is 21.2 Å². The van der Waals surface area contributed by atoms with E-state index in [1.807, 2.05) is 43.3 Å². The number of halogens is 1. The van der Waals surface area contributed by atoms with Crippen LogP contribution in [0.2, 0.25) is 0 Å². The van der Waals surface area contributed by atoms with Crippen molar-refractivity contribution in [2.75, 3.05) is 24.3 Å². The molecule has 0 spiro atoms. The Balaban J connectivity index is 1.57. The fourth-order valence-electron chi connectivity index (χ4n) is 2.13. The first-order valence-corrected chi connectivity index (χ1v) is 8.98. The van der Waals surface area contributed by atoms with Crippen molar-refractivity contribution in [3.05, 3.63) is 46.4 Å². The Morgan fingerprint density at radius 1 is 1.17 bits per heavy atom. The van der Waals surface area contributed by atoms with Crippen LogP contribution in [0.15, 0.2) is 45.8 Å². The van der Waals surface area contributed by atoms with Crippen LogP contribution in [0.4, 0.5) is 5.69 Å². The van der Waals surface area contributed by atoms with Gasteiger partial charge >= 0.3 is 0 Å². The van der Waals surface area contributed by atoms with Crippen molar-refractivity contribution in [1.82, 2.24) is 0 Å². The molecule has 0 unspecified atom stereocenters. The lowest BCUT2D eigenvalue weighted by Gasteiger charge is -2.18. The van der Waals surface area contributed by atoms with E-state index in [0.717, 1.165) is 32.1 Å². The van der Waals surface area contributed by atoms with Crippen molar-refractivity contribution in [2.45, 2.75) is 11.8 Å². The molecule has 1 N–H and O–H groups in total. The minimum atomic E-state index is -0.0411. The van der Waals surface area contributed by atoms with Crippen molar-refractivity contribution in [3.63, 3.8) is 0 Å². The summed E-state index contributed by atoms with van der Waals surface area (Å²) >= 11 is 4.93. The number of thioether (sulfide) groups is 1. The van der Waals surface area contributed by atoms with E-state index in [-0.39, 0.29) is 5.91 Å². The number of anilines is 1. The van der Waals surface area contributed by atoms with E-state index in [4.69, 9.17) is 9.47 Å². The van der Waals surface area contributed by atoms with Gasteiger partial charge < -0.3 is 14.8 Å². The minimum absolute atomic E-state index is 0.0411. The Bertz CT molecular complexity index is 736. The maximum absolute atomic E-state index is 12.1. The van der Waals surface area contributed by atoms with Crippen LogP contribution in [0, 0.1) is 6.92 Å². The first kappa shape index (κ1) is 16.2. The van der Waals surface area contributed by atoms with Crippen LogP contribution >= 0.6 is 27.7 Å². The van der Waals surface area contributed by atoms with Gasteiger partial charge in [-0.15, -0.1) is 11.8 Å². The maximum Gasteiger partial charge on any atom is 0.234 e. The summed E-state index contributed by atoms with van der Waals surface area (Å²) < 4.78 is 12.0. The molecule has 2 aromatic rings. The van der Waals surface area contributed by atoms with Crippen LogP contribution in [0.1, 0.15) is 5.56 Å². The molecule has 4 nitrogen and oxygen atoms in total. The molecule has 0 saturated carbocycles. The van der Waals surface area contributed by atoms with E-state index >= 15 is 0 Å². The van der Waals surface area contributed by atoms with Crippen LogP contribution in [-0.4, -0.2) is 24.9 Å². The highest BCUT2D eigenvalue weighted by atomic mass is 79.9. The fourth-order valence-corrected chi connectivity index (χ4v) is 3.23. The minimum Gasteiger partial charge on any atom is -0.486 e. The molecule has 2 aromatic carbocycles. The molecule has 0 aliphatic carbocycles. The largest absolute Gasteiger partial charge is 0.486 e. The predicted molar refractivity (Wildman–Crippen MR) is 95.7 cm³/mol. The van der Waals surface area contributed by atoms with Crippen LogP contribution in [-0.2, 0) is 4.79 Å². The Labute approximate surface area is 147 Å². The molecule has 0 saturated heterocycles. The molecule has 1 heterocycles. The molecule has 0 bridgehead atoms. The second-order valence-corrected chi connectivity index (χ2v) is 7.01. The fraction of sp³-hybridized carbons (Fsp3) is 0.235. The normalized spacial score (nSPS) is 12.8. The molecule has 3 rings (SSSR count). The van der Waals surface area contributed by atoms with Crippen molar-refractivity contribution >= 4 is 39.3 Å². The van der Waals surface area contributed by atoms with E-state index in [0.29, 0.717) is 19.0 Å². The summed E-state index contributed by atoms with van der Waals surface area (Å²) in [6, 6.07) is 11.5. The summed E-state index contributed by atoms with van der Waals surface area (Å²) in [6.45, 7) is 3.14. The van der Waals surface area contributed by atoms with Crippen molar-refractivity contribution in [1.29, 1.82) is 0 Å². The van der Waals surface area contributed by atoms with Gasteiger partial charge in [0.05, 0.1) is 5.75 Å². The van der Waals surface area contributed by atoms with Crippen molar-refractivity contribution in [2.24, 2.45) is 0 Å². The molecule has 1 aliphatic heterocycles. The number of hydrogen-bond acceptors (Lipinski definition) is 4. The number of fused-ring (bicyclic) bond motifs is 1. The van der Waals surface area contributed by atoms with E-state index < -0.39 is 0 Å². The van der Waals surface area contributed by atoms with E-state index in [1.54, 1.807) is 0 Å². The zero-order valence-electron chi connectivity index (χ0n) is 12.6. The van der Waals surface area contributed by atoms with E-state index in [9.17, 15) is 4.79 Å². The predicted octanol–water partition coefficient (Wildman–Crippen LogP) is 4.26. The smallest absolute Gasteiger partial charge is 0.234 e. The number of ether oxygens (including phenoxy) is 2. The highest BCUT2D eigenvalue weighted by Crippen LogP contribution is 2.34. The monoisotopic (exact) mass is 393 g/mol. The quantitative estimate of drug-likeness (QED) is 0.788. The van der Waals surface area contributed by atoms with Gasteiger partial charge in [0.2, 0.25) is 5.91 Å². The average Bonchev–Trinajstić information content (AvgIpc) is 2.56. The lowest BCUT2D eigenvalue weighted by atomic mass is 10.2. The molecule has 0 fully saturated rings. The van der Waals surface area contributed by atoms with Crippen LogP contribution in [0.5, 0.6) is 11.5 Å². The van der Waals surface area contributed by atoms with Gasteiger partial charge in [0.1, 0.15) is 13.2 Å². The van der Waals surface area contributed by atoms with Crippen molar-refractivity contribution in [3.8, 4) is 11.5 Å². The van der Waals surface area contributed by atoms with Gasteiger partial charge in [0.15, 0.2) is 11.5 Å². The second kappa shape index (κ2) is 7.27.